The molecular weight excluding hydrogens is 412 g/mol. The Kier molecular flexibility index (Phi) is 4.88. The minimum absolute atomic E-state index is 0.0224. The zero-order valence-corrected chi connectivity index (χ0v) is 17.4. The number of carbonyl (C=O) groups is 1. The number of amides is 2. The quantitative estimate of drug-likeness (QED) is 0.715. The third kappa shape index (κ3) is 3.42. The van der Waals surface area contributed by atoms with Crippen molar-refractivity contribution >= 4 is 35.1 Å². The van der Waals surface area contributed by atoms with Gasteiger partial charge in [0.1, 0.15) is 17.2 Å². The molecule has 0 aromatic carbocycles. The first-order valence-electron chi connectivity index (χ1n) is 9.79. The minimum Gasteiger partial charge on any atom is -0.371 e. The maximum absolute atomic E-state index is 12.4. The van der Waals surface area contributed by atoms with Crippen molar-refractivity contribution in [2.75, 3.05) is 44.0 Å². The third-order valence-corrected chi connectivity index (χ3v) is 5.98. The molecule has 0 bridgehead atoms. The summed E-state index contributed by atoms with van der Waals surface area (Å²) in [4.78, 5) is 24.6. The van der Waals surface area contributed by atoms with E-state index in [1.165, 1.54) is 0 Å². The number of urea groups is 1. The normalized spacial score (nSPS) is 28.3. The molecule has 4 unspecified atom stereocenters. The van der Waals surface area contributed by atoms with E-state index in [0.29, 0.717) is 36.5 Å². The van der Waals surface area contributed by atoms with E-state index in [0.717, 1.165) is 12.2 Å². The van der Waals surface area contributed by atoms with Crippen LogP contribution in [0.5, 0.6) is 0 Å². The minimum atomic E-state index is -0.186. The van der Waals surface area contributed by atoms with Crippen LogP contribution in [0.25, 0.3) is 0 Å². The van der Waals surface area contributed by atoms with Crippen molar-refractivity contribution in [1.29, 1.82) is 0 Å². The number of hydrogen-bond acceptors (Lipinski definition) is 8. The highest BCUT2D eigenvalue weighted by atomic mass is 35.5. The lowest BCUT2D eigenvalue weighted by atomic mass is 10.1. The first-order valence-corrected chi connectivity index (χ1v) is 10.2. The Hall–Kier alpha value is -2.63. The summed E-state index contributed by atoms with van der Waals surface area (Å²) in [6, 6.07) is -0.189. The van der Waals surface area contributed by atoms with Gasteiger partial charge in [0.2, 0.25) is 5.95 Å². The molecule has 5 heterocycles. The fourth-order valence-electron chi connectivity index (χ4n) is 4.17. The van der Waals surface area contributed by atoms with Gasteiger partial charge in [-0.15, -0.1) is 0 Å². The van der Waals surface area contributed by atoms with Gasteiger partial charge < -0.3 is 29.9 Å². The topological polar surface area (TPSA) is 110 Å². The fraction of sp³-hybridized carbons (Fsp3) is 0.556. The first-order chi connectivity index (χ1) is 14.5. The molecule has 12 heteroatoms. The molecule has 3 aliphatic heterocycles. The van der Waals surface area contributed by atoms with Crippen molar-refractivity contribution in [3.8, 4) is 0 Å². The highest BCUT2D eigenvalue weighted by Crippen LogP contribution is 2.34. The standard InChI is InChI=1S/C18H23ClN8O3/c1-25-3-4-27(18(25)28)13-9-30-14-12(8-29-15(13)14)23-16-11(19)6-20-17(24-16)22-10-5-21-26(2)7-10/h5-7,12-15H,3-4,8-9H2,1-2H3,(H2,20,22,23,24). The molecule has 160 valence electrons. The molecule has 3 saturated heterocycles. The molecule has 11 nitrogen and oxygen atoms in total. The number of rotatable bonds is 5. The zero-order valence-electron chi connectivity index (χ0n) is 16.7. The molecule has 0 aliphatic carbocycles. The lowest BCUT2D eigenvalue weighted by Gasteiger charge is -2.26. The summed E-state index contributed by atoms with van der Waals surface area (Å²) in [6.07, 6.45) is 4.69. The maximum atomic E-state index is 12.4. The van der Waals surface area contributed by atoms with Gasteiger partial charge in [-0.05, 0) is 0 Å². The van der Waals surface area contributed by atoms with E-state index in [1.807, 2.05) is 25.2 Å². The van der Waals surface area contributed by atoms with Gasteiger partial charge in [-0.1, -0.05) is 11.6 Å². The van der Waals surface area contributed by atoms with Crippen LogP contribution in [0.3, 0.4) is 0 Å². The lowest BCUT2D eigenvalue weighted by molar-refractivity contribution is 0.0537. The van der Waals surface area contributed by atoms with Crippen LogP contribution in [0.15, 0.2) is 18.6 Å². The SMILES string of the molecule is CN1CCN(C2COC3C(Nc4nc(Nc5cnn(C)c5)ncc4Cl)COC32)C1=O. The summed E-state index contributed by atoms with van der Waals surface area (Å²) in [5, 5.41) is 11.0. The Balaban J connectivity index is 1.28. The second kappa shape index (κ2) is 7.56. The van der Waals surface area contributed by atoms with Gasteiger partial charge >= 0.3 is 6.03 Å². The van der Waals surface area contributed by atoms with Crippen molar-refractivity contribution in [2.24, 2.45) is 7.05 Å². The molecule has 0 saturated carbocycles. The van der Waals surface area contributed by atoms with E-state index in [9.17, 15) is 4.79 Å². The predicted octanol–water partition coefficient (Wildman–Crippen LogP) is 0.921. The Labute approximate surface area is 178 Å². The van der Waals surface area contributed by atoms with Gasteiger partial charge in [-0.3, -0.25) is 4.68 Å². The van der Waals surface area contributed by atoms with Crippen molar-refractivity contribution < 1.29 is 14.3 Å². The van der Waals surface area contributed by atoms with Gasteiger partial charge in [0.05, 0.1) is 43.4 Å². The van der Waals surface area contributed by atoms with Crippen LogP contribution in [0, 0.1) is 0 Å². The van der Waals surface area contributed by atoms with E-state index >= 15 is 0 Å². The number of aryl methyl sites for hydroxylation is 1. The number of likely N-dealkylation sites (N-methyl/N-ethyl adjacent to an activating group) is 1. The third-order valence-electron chi connectivity index (χ3n) is 5.70. The molecule has 0 radical (unpaired) electrons. The molecule has 2 aromatic rings. The zero-order chi connectivity index (χ0) is 20.8. The summed E-state index contributed by atoms with van der Waals surface area (Å²) < 4.78 is 13.7. The lowest BCUT2D eigenvalue weighted by Crippen LogP contribution is -2.46. The Morgan fingerprint density at radius 2 is 2.00 bits per heavy atom. The van der Waals surface area contributed by atoms with E-state index in [2.05, 4.69) is 25.7 Å². The average molecular weight is 435 g/mol. The molecular formula is C18H23ClN8O3. The molecule has 2 aromatic heterocycles. The van der Waals surface area contributed by atoms with Crippen LogP contribution >= 0.6 is 11.6 Å². The molecule has 4 atom stereocenters. The van der Waals surface area contributed by atoms with E-state index in [1.54, 1.807) is 22.0 Å². The average Bonchev–Trinajstić information content (AvgIpc) is 3.48. The summed E-state index contributed by atoms with van der Waals surface area (Å²) in [5.41, 5.74) is 0.775. The largest absolute Gasteiger partial charge is 0.371 e. The van der Waals surface area contributed by atoms with Gasteiger partial charge in [0, 0.05) is 33.4 Å². The molecule has 30 heavy (non-hydrogen) atoms. The van der Waals surface area contributed by atoms with Gasteiger partial charge in [0.25, 0.3) is 0 Å². The van der Waals surface area contributed by atoms with Crippen LogP contribution in [0.1, 0.15) is 0 Å². The van der Waals surface area contributed by atoms with Crippen molar-refractivity contribution in [1.82, 2.24) is 29.5 Å². The van der Waals surface area contributed by atoms with Crippen LogP contribution in [0.4, 0.5) is 22.2 Å². The number of nitrogens with zero attached hydrogens (tertiary/aromatic N) is 6. The van der Waals surface area contributed by atoms with E-state index < -0.39 is 0 Å². The van der Waals surface area contributed by atoms with Crippen LogP contribution in [0.2, 0.25) is 5.02 Å². The number of halogens is 1. The van der Waals surface area contributed by atoms with Gasteiger partial charge in [-0.2, -0.15) is 10.1 Å². The Morgan fingerprint density at radius 1 is 1.17 bits per heavy atom. The highest BCUT2D eigenvalue weighted by molar-refractivity contribution is 6.32. The molecule has 5 rings (SSSR count). The van der Waals surface area contributed by atoms with Crippen LogP contribution < -0.4 is 10.6 Å². The molecule has 2 amide bonds. The van der Waals surface area contributed by atoms with Crippen molar-refractivity contribution in [3.63, 3.8) is 0 Å². The van der Waals surface area contributed by atoms with Gasteiger partial charge in [-0.25, -0.2) is 9.78 Å². The van der Waals surface area contributed by atoms with E-state index in [4.69, 9.17) is 21.1 Å². The Bertz CT molecular complexity index is 955. The number of anilines is 3. The molecule has 3 fully saturated rings. The van der Waals surface area contributed by atoms with E-state index in [-0.39, 0.29) is 30.3 Å². The number of hydrogen-bond donors (Lipinski definition) is 2. The number of carbonyl (C=O) groups excluding carboxylic acids is 1. The number of fused-ring (bicyclic) bond motifs is 1. The molecule has 0 spiro atoms. The van der Waals surface area contributed by atoms with Crippen molar-refractivity contribution in [3.05, 3.63) is 23.6 Å². The molecule has 3 aliphatic rings. The fourth-order valence-corrected chi connectivity index (χ4v) is 4.31. The Morgan fingerprint density at radius 3 is 2.73 bits per heavy atom. The summed E-state index contributed by atoms with van der Waals surface area (Å²) >= 11 is 6.32. The highest BCUT2D eigenvalue weighted by Gasteiger charge is 2.52. The summed E-state index contributed by atoms with van der Waals surface area (Å²) in [6.45, 7) is 2.31. The smallest absolute Gasteiger partial charge is 0.320 e. The van der Waals surface area contributed by atoms with Crippen LogP contribution in [-0.2, 0) is 16.5 Å². The maximum Gasteiger partial charge on any atom is 0.320 e. The summed E-state index contributed by atoms with van der Waals surface area (Å²) in [7, 11) is 3.64. The first kappa shape index (κ1) is 19.3. The molecule has 2 N–H and O–H groups in total. The second-order valence-electron chi connectivity index (χ2n) is 7.73. The number of nitrogens with one attached hydrogen (secondary N) is 2. The van der Waals surface area contributed by atoms with Crippen LogP contribution in [-0.4, -0.2) is 93.2 Å². The second-order valence-corrected chi connectivity index (χ2v) is 8.14. The predicted molar refractivity (Wildman–Crippen MR) is 109 cm³/mol. The summed E-state index contributed by atoms with van der Waals surface area (Å²) in [5.74, 6) is 0.901. The van der Waals surface area contributed by atoms with Crippen molar-refractivity contribution in [2.45, 2.75) is 24.3 Å². The number of aromatic nitrogens is 4. The number of ether oxygens (including phenoxy) is 2. The monoisotopic (exact) mass is 434 g/mol. The van der Waals surface area contributed by atoms with Gasteiger partial charge in [0.15, 0.2) is 5.82 Å².